The van der Waals surface area contributed by atoms with Crippen LogP contribution in [-0.4, -0.2) is 33.3 Å². The lowest BCUT2D eigenvalue weighted by atomic mass is 9.88. The molecule has 1 saturated heterocycles. The summed E-state index contributed by atoms with van der Waals surface area (Å²) in [5.41, 5.74) is 5.02. The minimum absolute atomic E-state index is 0.440. The van der Waals surface area contributed by atoms with Crippen molar-refractivity contribution in [2.75, 3.05) is 0 Å². The van der Waals surface area contributed by atoms with E-state index in [-0.39, 0.29) is 0 Å². The van der Waals surface area contributed by atoms with E-state index >= 15 is 0 Å². The van der Waals surface area contributed by atoms with Gasteiger partial charge in [0.2, 0.25) is 0 Å². The van der Waals surface area contributed by atoms with Crippen molar-refractivity contribution in [1.29, 1.82) is 0 Å². The summed E-state index contributed by atoms with van der Waals surface area (Å²) in [6.07, 6.45) is 0. The molecule has 1 aliphatic rings. The van der Waals surface area contributed by atoms with Crippen molar-refractivity contribution in [3.8, 4) is 33.9 Å². The van der Waals surface area contributed by atoms with Gasteiger partial charge in [-0.1, -0.05) is 84.9 Å². The summed E-state index contributed by atoms with van der Waals surface area (Å²) in [5, 5.41) is 1.98. The first-order valence-electron chi connectivity index (χ1n) is 13.5. The van der Waals surface area contributed by atoms with Gasteiger partial charge in [0.05, 0.1) is 11.2 Å². The maximum Gasteiger partial charge on any atom is 0.534 e. The molecule has 6 aromatic rings. The van der Waals surface area contributed by atoms with E-state index in [2.05, 4.69) is 30.3 Å². The lowest BCUT2D eigenvalue weighted by Gasteiger charge is -2.32. The van der Waals surface area contributed by atoms with Gasteiger partial charge in [-0.3, -0.25) is 0 Å². The summed E-state index contributed by atoms with van der Waals surface area (Å²) in [6.45, 7) is 8.10. The standard InChI is InChI=1S/C33H28BN3O3/c1-32(2)33(3,4)40-34(39-32)31-36-29(23-19-17-22(18-20-23)21-11-6-5-7-12-21)35-30(37-31)25-14-10-16-27-28(25)24-13-8-9-15-26(24)38-27/h5-20H,1-4H3. The van der Waals surface area contributed by atoms with Crippen LogP contribution in [0, 0.1) is 0 Å². The van der Waals surface area contributed by atoms with Crippen molar-refractivity contribution in [3.05, 3.63) is 97.1 Å². The molecule has 7 heteroatoms. The molecule has 1 fully saturated rings. The number of para-hydroxylation sites is 1. The zero-order valence-corrected chi connectivity index (χ0v) is 22.9. The van der Waals surface area contributed by atoms with Crippen LogP contribution < -0.4 is 5.72 Å². The number of aromatic nitrogens is 3. The molecule has 6 nitrogen and oxygen atoms in total. The number of hydrogen-bond acceptors (Lipinski definition) is 6. The fraction of sp³-hybridized carbons (Fsp3) is 0.182. The van der Waals surface area contributed by atoms with E-state index in [4.69, 9.17) is 28.7 Å². The molecule has 7 rings (SSSR count). The van der Waals surface area contributed by atoms with Crippen molar-refractivity contribution in [2.24, 2.45) is 0 Å². The third-order valence-corrected chi connectivity index (χ3v) is 8.01. The summed E-state index contributed by atoms with van der Waals surface area (Å²) in [7, 11) is -0.727. The molecule has 2 aromatic heterocycles. The van der Waals surface area contributed by atoms with Crippen molar-refractivity contribution < 1.29 is 13.7 Å². The van der Waals surface area contributed by atoms with Gasteiger partial charge >= 0.3 is 7.12 Å². The minimum atomic E-state index is -0.727. The van der Waals surface area contributed by atoms with Crippen LogP contribution in [0.1, 0.15) is 27.7 Å². The quantitative estimate of drug-likeness (QED) is 0.229. The van der Waals surface area contributed by atoms with E-state index in [0.717, 1.165) is 44.2 Å². The average Bonchev–Trinajstić information content (AvgIpc) is 3.46. The molecule has 0 aliphatic carbocycles. The first kappa shape index (κ1) is 24.7. The summed E-state index contributed by atoms with van der Waals surface area (Å²) >= 11 is 0. The second kappa shape index (κ2) is 9.12. The number of nitrogens with zero attached hydrogens (tertiary/aromatic N) is 3. The first-order chi connectivity index (χ1) is 19.3. The topological polar surface area (TPSA) is 70.3 Å². The minimum Gasteiger partial charge on any atom is -0.456 e. The second-order valence-corrected chi connectivity index (χ2v) is 11.1. The van der Waals surface area contributed by atoms with E-state index < -0.39 is 18.3 Å². The van der Waals surface area contributed by atoms with Crippen molar-refractivity contribution in [3.63, 3.8) is 0 Å². The van der Waals surface area contributed by atoms with Gasteiger partial charge in [-0.2, -0.15) is 0 Å². The molecular formula is C33H28BN3O3. The van der Waals surface area contributed by atoms with Crippen molar-refractivity contribution >= 4 is 34.8 Å². The summed E-state index contributed by atoms with van der Waals surface area (Å²) in [5.74, 6) is 1.10. The van der Waals surface area contributed by atoms with Gasteiger partial charge in [0.15, 0.2) is 17.4 Å². The number of hydrogen-bond donors (Lipinski definition) is 0. The lowest BCUT2D eigenvalue weighted by Crippen LogP contribution is -2.41. The Bertz CT molecular complexity index is 1850. The van der Waals surface area contributed by atoms with Gasteiger partial charge in [-0.25, -0.2) is 15.0 Å². The normalized spacial score (nSPS) is 16.1. The predicted octanol–water partition coefficient (Wildman–Crippen LogP) is 7.07. The third-order valence-electron chi connectivity index (χ3n) is 8.01. The molecular weight excluding hydrogens is 497 g/mol. The molecule has 0 spiro atoms. The van der Waals surface area contributed by atoms with E-state index in [1.807, 2.05) is 94.4 Å². The first-order valence-corrected chi connectivity index (χ1v) is 13.5. The summed E-state index contributed by atoms with van der Waals surface area (Å²) < 4.78 is 18.9. The molecule has 0 N–H and O–H groups in total. The maximum atomic E-state index is 6.36. The van der Waals surface area contributed by atoms with Crippen LogP contribution in [0.5, 0.6) is 0 Å². The van der Waals surface area contributed by atoms with Gasteiger partial charge in [0, 0.05) is 21.9 Å². The zero-order valence-electron chi connectivity index (χ0n) is 22.9. The Labute approximate surface area is 233 Å². The van der Waals surface area contributed by atoms with E-state index in [0.29, 0.717) is 17.4 Å². The predicted molar refractivity (Wildman–Crippen MR) is 159 cm³/mol. The Morgan fingerprint density at radius 2 is 1.15 bits per heavy atom. The van der Waals surface area contributed by atoms with Crippen LogP contribution in [0.15, 0.2) is 101 Å². The van der Waals surface area contributed by atoms with Crippen LogP contribution in [0.25, 0.3) is 55.8 Å². The van der Waals surface area contributed by atoms with Crippen molar-refractivity contribution in [1.82, 2.24) is 15.0 Å². The smallest absolute Gasteiger partial charge is 0.456 e. The van der Waals surface area contributed by atoms with E-state index in [1.165, 1.54) is 0 Å². The highest BCUT2D eigenvalue weighted by atomic mass is 16.7. The molecule has 4 aromatic carbocycles. The highest BCUT2D eigenvalue weighted by Crippen LogP contribution is 2.38. The molecule has 0 saturated carbocycles. The Hall–Kier alpha value is -4.33. The molecule has 0 bridgehead atoms. The van der Waals surface area contributed by atoms with Crippen LogP contribution in [0.3, 0.4) is 0 Å². The van der Waals surface area contributed by atoms with Crippen LogP contribution >= 0.6 is 0 Å². The summed E-state index contributed by atoms with van der Waals surface area (Å²) in [4.78, 5) is 14.8. The molecule has 3 heterocycles. The largest absolute Gasteiger partial charge is 0.534 e. The van der Waals surface area contributed by atoms with Gasteiger partial charge < -0.3 is 13.7 Å². The maximum absolute atomic E-state index is 6.36. The molecule has 40 heavy (non-hydrogen) atoms. The summed E-state index contributed by atoms with van der Waals surface area (Å²) in [6, 6.07) is 32.5. The van der Waals surface area contributed by atoms with Gasteiger partial charge in [0.25, 0.3) is 0 Å². The fourth-order valence-corrected chi connectivity index (χ4v) is 5.10. The van der Waals surface area contributed by atoms with E-state index in [1.54, 1.807) is 0 Å². The molecule has 196 valence electrons. The SMILES string of the molecule is CC1(C)OB(c2nc(-c3ccc(-c4ccccc4)cc3)nc(-c3cccc4oc5ccccc5c34)n2)OC1(C)C. The Morgan fingerprint density at radius 3 is 1.90 bits per heavy atom. The highest BCUT2D eigenvalue weighted by molar-refractivity contribution is 6.60. The van der Waals surface area contributed by atoms with Gasteiger partial charge in [-0.15, -0.1) is 0 Å². The van der Waals surface area contributed by atoms with Gasteiger partial charge in [-0.05, 0) is 51.0 Å². The number of rotatable bonds is 4. The molecule has 0 atom stereocenters. The van der Waals surface area contributed by atoms with Crippen molar-refractivity contribution in [2.45, 2.75) is 38.9 Å². The van der Waals surface area contributed by atoms with Crippen LogP contribution in [0.4, 0.5) is 0 Å². The number of furan rings is 1. The van der Waals surface area contributed by atoms with Crippen LogP contribution in [0.2, 0.25) is 0 Å². The third kappa shape index (κ3) is 4.10. The highest BCUT2D eigenvalue weighted by Gasteiger charge is 2.53. The Morgan fingerprint density at radius 1 is 0.550 bits per heavy atom. The van der Waals surface area contributed by atoms with E-state index in [9.17, 15) is 0 Å². The fourth-order valence-electron chi connectivity index (χ4n) is 5.10. The second-order valence-electron chi connectivity index (χ2n) is 11.1. The number of benzene rings is 4. The molecule has 0 amide bonds. The number of fused-ring (bicyclic) bond motifs is 3. The van der Waals surface area contributed by atoms with Crippen LogP contribution in [-0.2, 0) is 9.31 Å². The monoisotopic (exact) mass is 525 g/mol. The average molecular weight is 525 g/mol. The Kier molecular flexibility index (Phi) is 5.63. The zero-order chi connectivity index (χ0) is 27.5. The molecule has 1 aliphatic heterocycles. The van der Waals surface area contributed by atoms with Gasteiger partial charge in [0.1, 0.15) is 11.2 Å². The molecule has 0 radical (unpaired) electrons. The Balaban J connectivity index is 1.40. The lowest BCUT2D eigenvalue weighted by molar-refractivity contribution is 0.00578. The molecule has 0 unspecified atom stereocenters.